The van der Waals surface area contributed by atoms with Gasteiger partial charge in [0, 0.05) is 13.1 Å². The van der Waals surface area contributed by atoms with Gasteiger partial charge in [0.2, 0.25) is 10.0 Å². The van der Waals surface area contributed by atoms with E-state index in [-0.39, 0.29) is 10.5 Å². The molecular weight excluding hydrogens is 282 g/mol. The fraction of sp³-hybridized carbons (Fsp3) is 0.462. The predicted molar refractivity (Wildman–Crippen MR) is 72.1 cm³/mol. The van der Waals surface area contributed by atoms with Gasteiger partial charge in [0.15, 0.2) is 0 Å². The van der Waals surface area contributed by atoms with Gasteiger partial charge in [-0.2, -0.15) is 4.31 Å². The summed E-state index contributed by atoms with van der Waals surface area (Å²) in [6.07, 6.45) is 0. The van der Waals surface area contributed by atoms with Gasteiger partial charge in [0.05, 0.1) is 30.8 Å². The topological polar surface area (TPSA) is 72.9 Å². The molecule has 0 saturated carbocycles. The Balaban J connectivity index is 2.39. The van der Waals surface area contributed by atoms with Crippen LogP contribution in [0, 0.1) is 6.92 Å². The van der Waals surface area contributed by atoms with Gasteiger partial charge in [-0.1, -0.05) is 6.07 Å². The van der Waals surface area contributed by atoms with Crippen LogP contribution in [0.5, 0.6) is 0 Å². The summed E-state index contributed by atoms with van der Waals surface area (Å²) in [6.45, 7) is 3.15. The van der Waals surface area contributed by atoms with E-state index in [1.807, 2.05) is 0 Å². The van der Waals surface area contributed by atoms with Crippen LogP contribution in [-0.4, -0.2) is 52.1 Å². The van der Waals surface area contributed by atoms with Crippen LogP contribution in [-0.2, 0) is 19.5 Å². The minimum absolute atomic E-state index is 0.102. The van der Waals surface area contributed by atoms with Crippen LogP contribution in [0.2, 0.25) is 0 Å². The average Bonchev–Trinajstić information content (AvgIpc) is 2.47. The van der Waals surface area contributed by atoms with Crippen LogP contribution in [0.1, 0.15) is 15.9 Å². The first-order valence-electron chi connectivity index (χ1n) is 6.23. The third-order valence-corrected chi connectivity index (χ3v) is 5.12. The second-order valence-electron chi connectivity index (χ2n) is 4.48. The average molecular weight is 299 g/mol. The van der Waals surface area contributed by atoms with Crippen molar-refractivity contribution in [2.24, 2.45) is 0 Å². The number of carbonyl (C=O) groups excluding carboxylic acids is 1. The molecule has 0 spiro atoms. The molecule has 1 aliphatic rings. The largest absolute Gasteiger partial charge is 0.465 e. The molecule has 1 fully saturated rings. The van der Waals surface area contributed by atoms with Gasteiger partial charge >= 0.3 is 5.97 Å². The highest BCUT2D eigenvalue weighted by molar-refractivity contribution is 7.89. The Kier molecular flexibility index (Phi) is 4.42. The molecule has 0 atom stereocenters. The second-order valence-corrected chi connectivity index (χ2v) is 6.42. The van der Waals surface area contributed by atoms with Gasteiger partial charge in [-0.05, 0) is 24.6 Å². The van der Waals surface area contributed by atoms with Gasteiger partial charge < -0.3 is 9.47 Å². The number of sulfonamides is 1. The van der Waals surface area contributed by atoms with Crippen molar-refractivity contribution < 1.29 is 22.7 Å². The number of nitrogens with zero attached hydrogens (tertiary/aromatic N) is 1. The van der Waals surface area contributed by atoms with Crippen molar-refractivity contribution in [3.8, 4) is 0 Å². The molecule has 1 aliphatic heterocycles. The molecule has 0 aromatic heterocycles. The van der Waals surface area contributed by atoms with E-state index in [0.29, 0.717) is 31.9 Å². The van der Waals surface area contributed by atoms with E-state index in [4.69, 9.17) is 4.74 Å². The molecule has 0 aliphatic carbocycles. The number of carbonyl (C=O) groups is 1. The van der Waals surface area contributed by atoms with Crippen LogP contribution >= 0.6 is 0 Å². The number of rotatable bonds is 3. The number of morpholine rings is 1. The maximum atomic E-state index is 12.5. The van der Waals surface area contributed by atoms with E-state index in [1.165, 1.54) is 23.5 Å². The number of hydrogen-bond donors (Lipinski definition) is 0. The smallest absolute Gasteiger partial charge is 0.338 e. The molecule has 0 radical (unpaired) electrons. The first-order chi connectivity index (χ1) is 9.46. The summed E-state index contributed by atoms with van der Waals surface area (Å²) in [5.74, 6) is -0.540. The summed E-state index contributed by atoms with van der Waals surface area (Å²) >= 11 is 0. The molecule has 110 valence electrons. The van der Waals surface area contributed by atoms with E-state index in [9.17, 15) is 13.2 Å². The molecule has 1 heterocycles. The van der Waals surface area contributed by atoms with E-state index < -0.39 is 16.0 Å². The Labute approximate surface area is 118 Å². The number of benzene rings is 1. The highest BCUT2D eigenvalue weighted by atomic mass is 32.2. The lowest BCUT2D eigenvalue weighted by molar-refractivity contribution is 0.0599. The summed E-state index contributed by atoms with van der Waals surface area (Å²) in [6, 6.07) is 4.48. The van der Waals surface area contributed by atoms with E-state index in [2.05, 4.69) is 4.74 Å². The van der Waals surface area contributed by atoms with E-state index in [1.54, 1.807) is 13.0 Å². The standard InChI is InChI=1S/C13H17NO5S/c1-10-3-4-11(9-12(10)13(15)18-2)20(16,17)14-5-7-19-8-6-14/h3-4,9H,5-8H2,1-2H3. The molecule has 1 aromatic rings. The zero-order valence-corrected chi connectivity index (χ0v) is 12.3. The van der Waals surface area contributed by atoms with E-state index >= 15 is 0 Å². The minimum Gasteiger partial charge on any atom is -0.465 e. The summed E-state index contributed by atoms with van der Waals surface area (Å²) in [7, 11) is -2.33. The van der Waals surface area contributed by atoms with Gasteiger partial charge in [0.25, 0.3) is 0 Å². The molecule has 0 unspecified atom stereocenters. The lowest BCUT2D eigenvalue weighted by atomic mass is 10.1. The van der Waals surface area contributed by atoms with Crippen molar-refractivity contribution in [1.82, 2.24) is 4.31 Å². The summed E-state index contributed by atoms with van der Waals surface area (Å²) in [4.78, 5) is 11.7. The lowest BCUT2D eigenvalue weighted by Gasteiger charge is -2.26. The molecule has 6 nitrogen and oxygen atoms in total. The number of methoxy groups -OCH3 is 1. The molecule has 0 amide bonds. The maximum Gasteiger partial charge on any atom is 0.338 e. The van der Waals surface area contributed by atoms with Crippen LogP contribution in [0.15, 0.2) is 23.1 Å². The fourth-order valence-corrected chi connectivity index (χ4v) is 3.46. The van der Waals surface area contributed by atoms with Crippen molar-refractivity contribution in [3.05, 3.63) is 29.3 Å². The number of esters is 1. The monoisotopic (exact) mass is 299 g/mol. The Hall–Kier alpha value is -1.44. The highest BCUT2D eigenvalue weighted by Crippen LogP contribution is 2.21. The van der Waals surface area contributed by atoms with Crippen LogP contribution in [0.3, 0.4) is 0 Å². The lowest BCUT2D eigenvalue weighted by Crippen LogP contribution is -2.40. The van der Waals surface area contributed by atoms with Crippen molar-refractivity contribution in [2.45, 2.75) is 11.8 Å². The van der Waals surface area contributed by atoms with Crippen molar-refractivity contribution in [1.29, 1.82) is 0 Å². The fourth-order valence-electron chi connectivity index (χ4n) is 2.03. The van der Waals surface area contributed by atoms with Crippen molar-refractivity contribution >= 4 is 16.0 Å². The number of hydrogen-bond acceptors (Lipinski definition) is 5. The molecule has 1 saturated heterocycles. The van der Waals surface area contributed by atoms with Crippen molar-refractivity contribution in [3.63, 3.8) is 0 Å². The quantitative estimate of drug-likeness (QED) is 0.772. The predicted octanol–water partition coefficient (Wildman–Crippen LogP) is 0.803. The van der Waals surface area contributed by atoms with Gasteiger partial charge in [0.1, 0.15) is 0 Å². The Bertz CT molecular complexity index is 605. The van der Waals surface area contributed by atoms with E-state index in [0.717, 1.165) is 0 Å². The number of aryl methyl sites for hydroxylation is 1. The molecule has 1 aromatic carbocycles. The number of ether oxygens (including phenoxy) is 2. The molecule has 2 rings (SSSR count). The zero-order valence-electron chi connectivity index (χ0n) is 11.5. The normalized spacial score (nSPS) is 16.9. The minimum atomic E-state index is -3.60. The van der Waals surface area contributed by atoms with Crippen LogP contribution in [0.4, 0.5) is 0 Å². The second kappa shape index (κ2) is 5.90. The van der Waals surface area contributed by atoms with Gasteiger partial charge in [-0.25, -0.2) is 13.2 Å². The van der Waals surface area contributed by atoms with Crippen molar-refractivity contribution in [2.75, 3.05) is 33.4 Å². The highest BCUT2D eigenvalue weighted by Gasteiger charge is 2.27. The molecular formula is C13H17NO5S. The summed E-state index contributed by atoms with van der Waals surface area (Å²) < 4.78 is 36.1. The molecule has 7 heteroatoms. The Morgan fingerprint density at radius 2 is 1.95 bits per heavy atom. The summed E-state index contributed by atoms with van der Waals surface area (Å²) in [5, 5.41) is 0. The molecule has 0 N–H and O–H groups in total. The third kappa shape index (κ3) is 2.84. The van der Waals surface area contributed by atoms with Gasteiger partial charge in [-0.15, -0.1) is 0 Å². The molecule has 20 heavy (non-hydrogen) atoms. The molecule has 0 bridgehead atoms. The SMILES string of the molecule is COC(=O)c1cc(S(=O)(=O)N2CCOCC2)ccc1C. The zero-order chi connectivity index (χ0) is 14.8. The first kappa shape index (κ1) is 15.0. The van der Waals surface area contributed by atoms with Gasteiger partial charge in [-0.3, -0.25) is 0 Å². The summed E-state index contributed by atoms with van der Waals surface area (Å²) in [5.41, 5.74) is 0.944. The Morgan fingerprint density at radius 1 is 1.30 bits per heavy atom. The van der Waals surface area contributed by atoms with Crippen LogP contribution < -0.4 is 0 Å². The Morgan fingerprint density at radius 3 is 2.55 bits per heavy atom. The van der Waals surface area contributed by atoms with Crippen LogP contribution in [0.25, 0.3) is 0 Å². The first-order valence-corrected chi connectivity index (χ1v) is 7.67. The third-order valence-electron chi connectivity index (χ3n) is 3.22. The maximum absolute atomic E-state index is 12.5.